The van der Waals surface area contributed by atoms with Gasteiger partial charge in [-0.05, 0) is 24.6 Å². The third kappa shape index (κ3) is 3.45. The number of nitrogens with one attached hydrogen (secondary N) is 1. The highest BCUT2D eigenvalue weighted by Crippen LogP contribution is 2.20. The summed E-state index contributed by atoms with van der Waals surface area (Å²) >= 11 is 0. The lowest BCUT2D eigenvalue weighted by molar-refractivity contribution is -0.130. The maximum Gasteiger partial charge on any atom is 0.277 e. The number of hydrogen-bond donors (Lipinski definition) is 2. The Hall–Kier alpha value is -2.10. The van der Waals surface area contributed by atoms with Crippen molar-refractivity contribution in [2.45, 2.75) is 13.0 Å². The van der Waals surface area contributed by atoms with Crippen molar-refractivity contribution in [1.29, 1.82) is 5.26 Å². The molecule has 0 radical (unpaired) electrons. The molecule has 0 aromatic heterocycles. The summed E-state index contributed by atoms with van der Waals surface area (Å²) in [6.07, 6.45) is -0.854. The van der Waals surface area contributed by atoms with Crippen molar-refractivity contribution in [3.8, 4) is 11.8 Å². The summed E-state index contributed by atoms with van der Waals surface area (Å²) in [5, 5.41) is 8.82. The van der Waals surface area contributed by atoms with E-state index in [4.69, 9.17) is 20.6 Å². The molecule has 0 aliphatic rings. The number of nitrogens with two attached hydrogens (primary N) is 1. The van der Waals surface area contributed by atoms with Gasteiger partial charge in [0.1, 0.15) is 5.75 Å². The second kappa shape index (κ2) is 6.59. The van der Waals surface area contributed by atoms with E-state index in [1.54, 1.807) is 18.2 Å². The van der Waals surface area contributed by atoms with Gasteiger partial charge in [-0.25, -0.2) is 5.84 Å². The van der Waals surface area contributed by atoms with Gasteiger partial charge in [0.05, 0.1) is 18.2 Å². The van der Waals surface area contributed by atoms with E-state index in [-0.39, 0.29) is 6.61 Å². The van der Waals surface area contributed by atoms with Crippen molar-refractivity contribution in [3.63, 3.8) is 0 Å². The molecule has 3 N–H and O–H groups in total. The molecule has 0 aliphatic heterocycles. The van der Waals surface area contributed by atoms with Gasteiger partial charge in [0.25, 0.3) is 5.91 Å². The third-order valence-electron chi connectivity index (χ3n) is 2.34. The summed E-state index contributed by atoms with van der Waals surface area (Å²) in [5.41, 5.74) is 3.29. The fourth-order valence-electron chi connectivity index (χ4n) is 1.36. The molecule has 6 nitrogen and oxygen atoms in total. The van der Waals surface area contributed by atoms with E-state index in [1.807, 2.05) is 18.4 Å². The van der Waals surface area contributed by atoms with E-state index in [2.05, 4.69) is 0 Å². The molecule has 1 amide bonds. The molecular weight excluding hydrogens is 234 g/mol. The zero-order valence-corrected chi connectivity index (χ0v) is 10.3. The summed E-state index contributed by atoms with van der Waals surface area (Å²) in [5.74, 6) is 5.03. The van der Waals surface area contributed by atoms with Gasteiger partial charge < -0.3 is 9.47 Å². The molecule has 0 spiro atoms. The molecule has 0 fully saturated rings. The van der Waals surface area contributed by atoms with Crippen molar-refractivity contribution in [3.05, 3.63) is 29.3 Å². The second-order valence-electron chi connectivity index (χ2n) is 3.66. The fourth-order valence-corrected chi connectivity index (χ4v) is 1.36. The molecule has 18 heavy (non-hydrogen) atoms. The predicted octanol–water partition coefficient (Wildman–Crippen LogP) is 0.250. The van der Waals surface area contributed by atoms with E-state index in [0.29, 0.717) is 11.3 Å². The molecule has 6 heteroatoms. The van der Waals surface area contributed by atoms with Crippen LogP contribution in [0.1, 0.15) is 11.1 Å². The van der Waals surface area contributed by atoms with Gasteiger partial charge in [0, 0.05) is 7.11 Å². The topological polar surface area (TPSA) is 97.4 Å². The molecule has 1 unspecified atom stereocenters. The first-order valence-corrected chi connectivity index (χ1v) is 5.29. The number of hydrazine groups is 1. The van der Waals surface area contributed by atoms with E-state index in [9.17, 15) is 4.79 Å². The van der Waals surface area contributed by atoms with Crippen LogP contribution in [0.5, 0.6) is 5.75 Å². The zero-order chi connectivity index (χ0) is 13.5. The van der Waals surface area contributed by atoms with Crippen LogP contribution in [0.4, 0.5) is 0 Å². The van der Waals surface area contributed by atoms with Crippen LogP contribution in [0.15, 0.2) is 18.2 Å². The van der Waals surface area contributed by atoms with Gasteiger partial charge >= 0.3 is 0 Å². The van der Waals surface area contributed by atoms with Crippen LogP contribution < -0.4 is 16.0 Å². The minimum atomic E-state index is -0.854. The van der Waals surface area contributed by atoms with Crippen LogP contribution in [0.25, 0.3) is 0 Å². The number of aryl methyl sites for hydroxylation is 1. The highest BCUT2D eigenvalue weighted by atomic mass is 16.5. The van der Waals surface area contributed by atoms with Crippen LogP contribution in [-0.4, -0.2) is 25.7 Å². The Morgan fingerprint density at radius 1 is 1.61 bits per heavy atom. The van der Waals surface area contributed by atoms with Gasteiger partial charge in [-0.15, -0.1) is 0 Å². The molecule has 0 bridgehead atoms. The Balaban J connectivity index is 2.93. The Kier molecular flexibility index (Phi) is 5.11. The number of methoxy groups -OCH3 is 1. The van der Waals surface area contributed by atoms with Crippen molar-refractivity contribution in [2.24, 2.45) is 5.84 Å². The molecule has 1 aromatic rings. The molecule has 1 rings (SSSR count). The number of amides is 1. The van der Waals surface area contributed by atoms with Crippen molar-refractivity contribution < 1.29 is 14.3 Å². The Morgan fingerprint density at radius 2 is 2.33 bits per heavy atom. The standard InChI is InChI=1S/C12H15N3O3/c1-8-3-4-9(6-13)5-10(8)18-11(7-17-2)12(16)15-14/h3-5,11H,7,14H2,1-2H3,(H,15,16). The molecule has 0 saturated carbocycles. The fraction of sp³-hybridized carbons (Fsp3) is 0.333. The second-order valence-corrected chi connectivity index (χ2v) is 3.66. The average molecular weight is 249 g/mol. The molecule has 0 saturated heterocycles. The number of nitrogens with zero attached hydrogens (tertiary/aromatic N) is 1. The maximum absolute atomic E-state index is 11.5. The maximum atomic E-state index is 11.5. The smallest absolute Gasteiger partial charge is 0.277 e. The van der Waals surface area contributed by atoms with Gasteiger partial charge in [-0.1, -0.05) is 6.07 Å². The summed E-state index contributed by atoms with van der Waals surface area (Å²) < 4.78 is 10.4. The summed E-state index contributed by atoms with van der Waals surface area (Å²) in [6.45, 7) is 1.89. The van der Waals surface area contributed by atoms with Crippen molar-refractivity contribution in [1.82, 2.24) is 5.43 Å². The summed E-state index contributed by atoms with van der Waals surface area (Å²) in [6, 6.07) is 7.00. The number of hydrogen-bond acceptors (Lipinski definition) is 5. The minimum Gasteiger partial charge on any atom is -0.478 e. The number of carbonyl (C=O) groups excluding carboxylic acids is 1. The van der Waals surface area contributed by atoms with Crippen LogP contribution in [-0.2, 0) is 9.53 Å². The largest absolute Gasteiger partial charge is 0.478 e. The number of ether oxygens (including phenoxy) is 2. The van der Waals surface area contributed by atoms with Crippen LogP contribution >= 0.6 is 0 Å². The Bertz CT molecular complexity index is 468. The average Bonchev–Trinajstić information content (AvgIpc) is 2.39. The molecular formula is C12H15N3O3. The third-order valence-corrected chi connectivity index (χ3v) is 2.34. The number of carbonyl (C=O) groups is 1. The van der Waals surface area contributed by atoms with E-state index >= 15 is 0 Å². The predicted molar refractivity (Wildman–Crippen MR) is 64.5 cm³/mol. The molecule has 0 heterocycles. The summed E-state index contributed by atoms with van der Waals surface area (Å²) in [7, 11) is 1.46. The number of benzene rings is 1. The molecule has 1 atom stereocenters. The summed E-state index contributed by atoms with van der Waals surface area (Å²) in [4.78, 5) is 11.5. The quantitative estimate of drug-likeness (QED) is 0.443. The van der Waals surface area contributed by atoms with Crippen LogP contribution in [0.3, 0.4) is 0 Å². The van der Waals surface area contributed by atoms with Gasteiger partial charge in [-0.3, -0.25) is 10.2 Å². The first-order chi connectivity index (χ1) is 8.62. The van der Waals surface area contributed by atoms with Gasteiger partial charge in [0.2, 0.25) is 6.10 Å². The normalized spacial score (nSPS) is 11.4. The van der Waals surface area contributed by atoms with Crippen molar-refractivity contribution in [2.75, 3.05) is 13.7 Å². The lowest BCUT2D eigenvalue weighted by Crippen LogP contribution is -2.44. The first kappa shape index (κ1) is 14.0. The number of rotatable bonds is 5. The molecule has 96 valence electrons. The zero-order valence-electron chi connectivity index (χ0n) is 10.3. The molecule has 0 aliphatic carbocycles. The van der Waals surface area contributed by atoms with Crippen LogP contribution in [0.2, 0.25) is 0 Å². The van der Waals surface area contributed by atoms with E-state index < -0.39 is 12.0 Å². The van der Waals surface area contributed by atoms with Gasteiger partial charge in [-0.2, -0.15) is 5.26 Å². The van der Waals surface area contributed by atoms with Crippen molar-refractivity contribution >= 4 is 5.91 Å². The Labute approximate surface area is 105 Å². The SMILES string of the molecule is COCC(Oc1cc(C#N)ccc1C)C(=O)NN. The minimum absolute atomic E-state index is 0.0687. The highest BCUT2D eigenvalue weighted by molar-refractivity contribution is 5.80. The lowest BCUT2D eigenvalue weighted by Gasteiger charge is -2.18. The highest BCUT2D eigenvalue weighted by Gasteiger charge is 2.20. The van der Waals surface area contributed by atoms with Crippen LogP contribution in [0, 0.1) is 18.3 Å². The number of nitriles is 1. The first-order valence-electron chi connectivity index (χ1n) is 5.29. The lowest BCUT2D eigenvalue weighted by atomic mass is 10.1. The monoisotopic (exact) mass is 249 g/mol. The van der Waals surface area contributed by atoms with E-state index in [0.717, 1.165) is 5.56 Å². The van der Waals surface area contributed by atoms with E-state index in [1.165, 1.54) is 7.11 Å². The Morgan fingerprint density at radius 3 is 2.89 bits per heavy atom. The van der Waals surface area contributed by atoms with Gasteiger partial charge in [0.15, 0.2) is 0 Å². The molecule has 1 aromatic carbocycles.